The van der Waals surface area contributed by atoms with Crippen LogP contribution in [0.3, 0.4) is 0 Å². The van der Waals surface area contributed by atoms with Crippen LogP contribution in [0.1, 0.15) is 6.42 Å². The average molecular weight is 164 g/mol. The summed E-state index contributed by atoms with van der Waals surface area (Å²) in [4.78, 5) is 0. The van der Waals surface area contributed by atoms with Crippen LogP contribution in [0, 0.1) is 0 Å². The summed E-state index contributed by atoms with van der Waals surface area (Å²) in [6.07, 6.45) is -3.83. The largest absolute Gasteiger partial charge is 0.394 e. The second kappa shape index (κ2) is 3.46. The topological polar surface area (TPSA) is 90.2 Å². The molecule has 1 unspecified atom stereocenters. The molecule has 1 aliphatic rings. The zero-order chi connectivity index (χ0) is 8.43. The molecule has 0 aromatic heterocycles. The van der Waals surface area contributed by atoms with Crippen LogP contribution in [0.15, 0.2) is 0 Å². The molecule has 0 aromatic carbocycles. The van der Waals surface area contributed by atoms with E-state index in [-0.39, 0.29) is 6.42 Å². The molecule has 1 fully saturated rings. The Kier molecular flexibility index (Phi) is 2.80. The van der Waals surface area contributed by atoms with Gasteiger partial charge in [0.15, 0.2) is 6.29 Å². The molecule has 5 nitrogen and oxygen atoms in total. The van der Waals surface area contributed by atoms with Gasteiger partial charge in [-0.1, -0.05) is 0 Å². The molecule has 0 spiro atoms. The van der Waals surface area contributed by atoms with Crippen molar-refractivity contribution in [3.63, 3.8) is 0 Å². The van der Waals surface area contributed by atoms with Gasteiger partial charge < -0.3 is 25.2 Å². The molecule has 0 amide bonds. The number of aliphatic hydroxyl groups is 4. The Morgan fingerprint density at radius 3 is 2.45 bits per heavy atom. The highest BCUT2D eigenvalue weighted by Crippen LogP contribution is 2.20. The van der Waals surface area contributed by atoms with Gasteiger partial charge in [-0.05, 0) is 0 Å². The number of rotatable bonds is 2. The van der Waals surface area contributed by atoms with Crippen LogP contribution in [0.25, 0.3) is 0 Å². The first-order valence-corrected chi connectivity index (χ1v) is 3.45. The summed E-state index contributed by atoms with van der Waals surface area (Å²) in [5, 5.41) is 35.4. The normalized spacial score (nSPS) is 40.9. The summed E-state index contributed by atoms with van der Waals surface area (Å²) in [5.74, 6) is 0. The molecule has 11 heavy (non-hydrogen) atoms. The third kappa shape index (κ3) is 1.88. The van der Waals surface area contributed by atoms with Crippen LogP contribution in [0.2, 0.25) is 0 Å². The van der Waals surface area contributed by atoms with E-state index in [1.165, 1.54) is 0 Å². The van der Waals surface area contributed by atoms with Crippen molar-refractivity contribution in [2.75, 3.05) is 6.61 Å². The van der Waals surface area contributed by atoms with Crippen LogP contribution < -0.4 is 0 Å². The maximum Gasteiger partial charge on any atom is 0.157 e. The molecule has 1 saturated heterocycles. The second-order valence-electron chi connectivity index (χ2n) is 2.61. The SMILES string of the molecule is OC[C@@H](O)[C@@H]1OC(O)C[C@H]1O. The zero-order valence-corrected chi connectivity index (χ0v) is 5.92. The van der Waals surface area contributed by atoms with Crippen LogP contribution in [-0.4, -0.2) is 51.6 Å². The molecule has 0 aliphatic carbocycles. The summed E-state index contributed by atoms with van der Waals surface area (Å²) in [6, 6.07) is 0. The predicted molar refractivity (Wildman–Crippen MR) is 34.6 cm³/mol. The number of aliphatic hydroxyl groups excluding tert-OH is 4. The maximum absolute atomic E-state index is 9.10. The van der Waals surface area contributed by atoms with E-state index in [1.807, 2.05) is 0 Å². The molecule has 66 valence electrons. The van der Waals surface area contributed by atoms with Crippen molar-refractivity contribution in [3.05, 3.63) is 0 Å². The number of hydrogen-bond donors (Lipinski definition) is 4. The quantitative estimate of drug-likeness (QED) is 0.372. The maximum atomic E-state index is 9.10. The van der Waals surface area contributed by atoms with Crippen molar-refractivity contribution in [3.8, 4) is 0 Å². The van der Waals surface area contributed by atoms with E-state index in [9.17, 15) is 0 Å². The fourth-order valence-corrected chi connectivity index (χ4v) is 1.12. The molecule has 4 atom stereocenters. The molecule has 5 heteroatoms. The number of hydrogen-bond acceptors (Lipinski definition) is 5. The lowest BCUT2D eigenvalue weighted by atomic mass is 10.1. The predicted octanol–water partition coefficient (Wildman–Crippen LogP) is -2.19. The van der Waals surface area contributed by atoms with Gasteiger partial charge in [-0.3, -0.25) is 0 Å². The molecule has 0 radical (unpaired) electrons. The van der Waals surface area contributed by atoms with E-state index < -0.39 is 31.2 Å². The summed E-state index contributed by atoms with van der Waals surface area (Å²) in [7, 11) is 0. The van der Waals surface area contributed by atoms with Crippen LogP contribution in [0.5, 0.6) is 0 Å². The van der Waals surface area contributed by atoms with Gasteiger partial charge in [0, 0.05) is 6.42 Å². The van der Waals surface area contributed by atoms with E-state index in [0.717, 1.165) is 0 Å². The summed E-state index contributed by atoms with van der Waals surface area (Å²) >= 11 is 0. The van der Waals surface area contributed by atoms with Gasteiger partial charge in [0.05, 0.1) is 12.7 Å². The minimum Gasteiger partial charge on any atom is -0.394 e. The van der Waals surface area contributed by atoms with Crippen molar-refractivity contribution in [2.45, 2.75) is 31.0 Å². The van der Waals surface area contributed by atoms with Gasteiger partial charge >= 0.3 is 0 Å². The Hall–Kier alpha value is -0.200. The lowest BCUT2D eigenvalue weighted by Crippen LogP contribution is -2.36. The van der Waals surface area contributed by atoms with E-state index in [4.69, 9.17) is 25.2 Å². The third-order valence-electron chi connectivity index (χ3n) is 1.70. The molecule has 1 heterocycles. The van der Waals surface area contributed by atoms with Gasteiger partial charge in [-0.25, -0.2) is 0 Å². The molecule has 0 bridgehead atoms. The Morgan fingerprint density at radius 2 is 2.09 bits per heavy atom. The summed E-state index contributed by atoms with van der Waals surface area (Å²) in [6.45, 7) is -0.478. The van der Waals surface area contributed by atoms with Gasteiger partial charge in [-0.2, -0.15) is 0 Å². The monoisotopic (exact) mass is 164 g/mol. The van der Waals surface area contributed by atoms with E-state index in [2.05, 4.69) is 0 Å². The summed E-state index contributed by atoms with van der Waals surface area (Å²) < 4.78 is 4.72. The summed E-state index contributed by atoms with van der Waals surface area (Å²) in [5.41, 5.74) is 0. The van der Waals surface area contributed by atoms with Crippen LogP contribution >= 0.6 is 0 Å². The van der Waals surface area contributed by atoms with Crippen molar-refractivity contribution >= 4 is 0 Å². The van der Waals surface area contributed by atoms with Crippen molar-refractivity contribution in [2.24, 2.45) is 0 Å². The van der Waals surface area contributed by atoms with Gasteiger partial charge in [0.25, 0.3) is 0 Å². The van der Waals surface area contributed by atoms with Crippen molar-refractivity contribution < 1.29 is 25.2 Å². The van der Waals surface area contributed by atoms with Crippen LogP contribution in [-0.2, 0) is 4.74 Å². The van der Waals surface area contributed by atoms with E-state index >= 15 is 0 Å². The molecular weight excluding hydrogens is 152 g/mol. The number of ether oxygens (including phenoxy) is 1. The zero-order valence-electron chi connectivity index (χ0n) is 5.92. The van der Waals surface area contributed by atoms with E-state index in [0.29, 0.717) is 0 Å². The fraction of sp³-hybridized carbons (Fsp3) is 1.00. The van der Waals surface area contributed by atoms with Gasteiger partial charge in [-0.15, -0.1) is 0 Å². The lowest BCUT2D eigenvalue weighted by molar-refractivity contribution is -0.136. The minimum absolute atomic E-state index is 0.0850. The molecule has 1 aliphatic heterocycles. The Morgan fingerprint density at radius 1 is 1.45 bits per heavy atom. The minimum atomic E-state index is -1.12. The first kappa shape index (κ1) is 8.89. The molecule has 0 aromatic rings. The first-order valence-electron chi connectivity index (χ1n) is 3.45. The highest BCUT2D eigenvalue weighted by atomic mass is 16.6. The van der Waals surface area contributed by atoms with Gasteiger partial charge in [0.2, 0.25) is 0 Å². The molecule has 1 rings (SSSR count). The Balaban J connectivity index is 2.45. The Bertz CT molecular complexity index is 124. The van der Waals surface area contributed by atoms with E-state index in [1.54, 1.807) is 0 Å². The Labute approximate surface area is 63.8 Å². The van der Waals surface area contributed by atoms with Crippen LogP contribution in [0.4, 0.5) is 0 Å². The fourth-order valence-electron chi connectivity index (χ4n) is 1.12. The lowest BCUT2D eigenvalue weighted by Gasteiger charge is -2.17. The highest BCUT2D eigenvalue weighted by Gasteiger charge is 2.37. The molecule has 4 N–H and O–H groups in total. The van der Waals surface area contributed by atoms with Gasteiger partial charge in [0.1, 0.15) is 12.2 Å². The second-order valence-corrected chi connectivity index (χ2v) is 2.61. The highest BCUT2D eigenvalue weighted by molar-refractivity contribution is 4.82. The molecule has 0 saturated carbocycles. The third-order valence-corrected chi connectivity index (χ3v) is 1.70. The standard InChI is InChI=1S/C6H12O5/c7-2-4(9)6-3(8)1-5(10)11-6/h3-10H,1-2H2/t3-,4-,5?,6-/m1/s1. The molecular formula is C6H12O5. The van der Waals surface area contributed by atoms with Crippen molar-refractivity contribution in [1.29, 1.82) is 0 Å². The average Bonchev–Trinajstić information content (AvgIpc) is 2.28. The smallest absolute Gasteiger partial charge is 0.157 e. The first-order chi connectivity index (χ1) is 5.15. The van der Waals surface area contributed by atoms with Crippen molar-refractivity contribution in [1.82, 2.24) is 0 Å².